The summed E-state index contributed by atoms with van der Waals surface area (Å²) in [5.74, 6) is -0.774. The minimum atomic E-state index is -3.59. The number of sulfone groups is 1. The average molecular weight is 412 g/mol. The number of carbonyl (C=O) groups excluding carboxylic acids is 1. The Morgan fingerprint density at radius 2 is 1.56 bits per heavy atom. The Hall–Kier alpha value is -2.23. The van der Waals surface area contributed by atoms with Crippen molar-refractivity contribution in [3.05, 3.63) is 60.2 Å². The van der Waals surface area contributed by atoms with E-state index in [2.05, 4.69) is 4.72 Å². The Morgan fingerprint density at radius 1 is 0.926 bits per heavy atom. The zero-order chi connectivity index (χ0) is 19.9. The van der Waals surface area contributed by atoms with Gasteiger partial charge in [-0.2, -0.15) is 0 Å². The van der Waals surface area contributed by atoms with Crippen LogP contribution in [0.5, 0.6) is 0 Å². The summed E-state index contributed by atoms with van der Waals surface area (Å²) in [6.45, 7) is 1.88. The molecule has 0 radical (unpaired) electrons. The van der Waals surface area contributed by atoms with Crippen LogP contribution in [0.1, 0.15) is 23.7 Å². The predicted octanol–water partition coefficient (Wildman–Crippen LogP) is 2.01. The molecule has 0 aliphatic rings. The number of carbonyl (C=O) groups is 1. The predicted molar refractivity (Wildman–Crippen MR) is 101 cm³/mol. The first-order chi connectivity index (χ1) is 12.8. The number of hydrogen-bond donors (Lipinski definition) is 1. The number of esters is 1. The summed E-state index contributed by atoms with van der Waals surface area (Å²) in [6.07, 6.45) is 0.163. The Kier molecular flexibility index (Phi) is 7.11. The van der Waals surface area contributed by atoms with Gasteiger partial charge >= 0.3 is 5.97 Å². The molecule has 0 atom stereocenters. The van der Waals surface area contributed by atoms with Crippen molar-refractivity contribution in [1.82, 2.24) is 4.72 Å². The molecule has 0 aliphatic heterocycles. The molecule has 0 aliphatic carbocycles. The van der Waals surface area contributed by atoms with Crippen LogP contribution in [-0.2, 0) is 24.6 Å². The van der Waals surface area contributed by atoms with E-state index >= 15 is 0 Å². The fraction of sp³-hybridized carbons (Fsp3) is 0.278. The molecular formula is C18H21NO6S2. The number of sulfonamides is 1. The fourth-order valence-corrected chi connectivity index (χ4v) is 4.63. The van der Waals surface area contributed by atoms with Gasteiger partial charge in [0.1, 0.15) is 0 Å². The molecule has 9 heteroatoms. The van der Waals surface area contributed by atoms with Gasteiger partial charge in [0.15, 0.2) is 9.84 Å². The largest absolute Gasteiger partial charge is 0.462 e. The van der Waals surface area contributed by atoms with Crippen molar-refractivity contribution in [3.63, 3.8) is 0 Å². The molecule has 0 fully saturated rings. The maximum Gasteiger partial charge on any atom is 0.338 e. The molecule has 0 aromatic heterocycles. The molecule has 2 aromatic carbocycles. The Morgan fingerprint density at radius 3 is 2.15 bits per heavy atom. The van der Waals surface area contributed by atoms with Crippen molar-refractivity contribution >= 4 is 25.8 Å². The lowest BCUT2D eigenvalue weighted by atomic mass is 10.2. The summed E-state index contributed by atoms with van der Waals surface area (Å²) in [5, 5.41) is 0. The maximum atomic E-state index is 12.1. The van der Waals surface area contributed by atoms with Gasteiger partial charge in [-0.05, 0) is 42.8 Å². The van der Waals surface area contributed by atoms with Crippen LogP contribution in [-0.4, -0.2) is 41.7 Å². The van der Waals surface area contributed by atoms with Gasteiger partial charge in [-0.25, -0.2) is 26.4 Å². The first kappa shape index (κ1) is 21.1. The molecule has 27 heavy (non-hydrogen) atoms. The van der Waals surface area contributed by atoms with Crippen LogP contribution in [0.4, 0.5) is 0 Å². The first-order valence-corrected chi connectivity index (χ1v) is 11.4. The van der Waals surface area contributed by atoms with E-state index in [4.69, 9.17) is 4.74 Å². The van der Waals surface area contributed by atoms with E-state index in [1.807, 2.05) is 0 Å². The molecule has 0 amide bonds. The lowest BCUT2D eigenvalue weighted by Crippen LogP contribution is -2.23. The van der Waals surface area contributed by atoms with E-state index in [9.17, 15) is 21.6 Å². The van der Waals surface area contributed by atoms with Crippen molar-refractivity contribution in [2.45, 2.75) is 23.1 Å². The summed E-state index contributed by atoms with van der Waals surface area (Å²) in [5.41, 5.74) is 0.191. The summed E-state index contributed by atoms with van der Waals surface area (Å²) < 4.78 is 55.4. The summed E-state index contributed by atoms with van der Waals surface area (Å²) in [6, 6.07) is 13.4. The fourth-order valence-electron chi connectivity index (χ4n) is 2.29. The molecule has 0 heterocycles. The number of ether oxygens (including phenoxy) is 1. The lowest BCUT2D eigenvalue weighted by molar-refractivity contribution is 0.0505. The molecule has 2 aromatic rings. The average Bonchev–Trinajstić information content (AvgIpc) is 2.66. The molecule has 1 N–H and O–H groups in total. The highest BCUT2D eigenvalue weighted by molar-refractivity contribution is 7.91. The number of nitrogens with one attached hydrogen (secondary N) is 1. The number of rotatable bonds is 9. The van der Waals surface area contributed by atoms with Gasteiger partial charge in [-0.15, -0.1) is 0 Å². The SMILES string of the molecule is CCNS(=O)(=O)c1ccc(C(=O)OCCCS(=O)(=O)c2ccccc2)cc1. The minimum Gasteiger partial charge on any atom is -0.462 e. The van der Waals surface area contributed by atoms with Gasteiger partial charge in [0.25, 0.3) is 0 Å². The van der Waals surface area contributed by atoms with Crippen LogP contribution in [0, 0.1) is 0 Å². The zero-order valence-corrected chi connectivity index (χ0v) is 16.4. The van der Waals surface area contributed by atoms with Gasteiger partial charge in [0, 0.05) is 6.54 Å². The van der Waals surface area contributed by atoms with Crippen molar-refractivity contribution < 1.29 is 26.4 Å². The lowest BCUT2D eigenvalue weighted by Gasteiger charge is -2.07. The molecule has 0 saturated carbocycles. The highest BCUT2D eigenvalue weighted by Crippen LogP contribution is 2.13. The van der Waals surface area contributed by atoms with E-state index in [0.29, 0.717) is 0 Å². The zero-order valence-electron chi connectivity index (χ0n) is 14.8. The van der Waals surface area contributed by atoms with Crippen LogP contribution in [0.15, 0.2) is 64.4 Å². The highest BCUT2D eigenvalue weighted by atomic mass is 32.2. The summed E-state index contributed by atoms with van der Waals surface area (Å²) in [7, 11) is -7.00. The third-order valence-electron chi connectivity index (χ3n) is 3.63. The first-order valence-electron chi connectivity index (χ1n) is 8.31. The van der Waals surface area contributed by atoms with Crippen molar-refractivity contribution in [2.75, 3.05) is 18.9 Å². The van der Waals surface area contributed by atoms with Crippen LogP contribution in [0.2, 0.25) is 0 Å². The quantitative estimate of drug-likeness (QED) is 0.500. The topological polar surface area (TPSA) is 107 Å². The van der Waals surface area contributed by atoms with Crippen LogP contribution in [0.3, 0.4) is 0 Å². The van der Waals surface area contributed by atoms with E-state index in [1.54, 1.807) is 25.1 Å². The molecular weight excluding hydrogens is 390 g/mol. The Labute approximate surface area is 159 Å². The van der Waals surface area contributed by atoms with E-state index in [0.717, 1.165) is 0 Å². The van der Waals surface area contributed by atoms with Gasteiger partial charge in [-0.3, -0.25) is 0 Å². The highest BCUT2D eigenvalue weighted by Gasteiger charge is 2.16. The van der Waals surface area contributed by atoms with E-state index in [-0.39, 0.29) is 40.7 Å². The monoisotopic (exact) mass is 411 g/mol. The summed E-state index contributed by atoms with van der Waals surface area (Å²) >= 11 is 0. The minimum absolute atomic E-state index is 0.0508. The Bertz CT molecular complexity index is 968. The standard InChI is InChI=1S/C18H21NO6S2/c1-2-19-27(23,24)17-11-9-15(10-12-17)18(20)25-13-6-14-26(21,22)16-7-4-3-5-8-16/h3-5,7-12,19H,2,6,13-14H2,1H3. The van der Waals surface area contributed by atoms with Gasteiger partial charge in [-0.1, -0.05) is 25.1 Å². The van der Waals surface area contributed by atoms with E-state index in [1.165, 1.54) is 36.4 Å². The number of benzene rings is 2. The van der Waals surface area contributed by atoms with Gasteiger partial charge in [0.05, 0.1) is 27.7 Å². The number of hydrogen-bond acceptors (Lipinski definition) is 6. The van der Waals surface area contributed by atoms with Crippen molar-refractivity contribution in [2.24, 2.45) is 0 Å². The van der Waals surface area contributed by atoms with Gasteiger partial charge < -0.3 is 4.74 Å². The van der Waals surface area contributed by atoms with E-state index < -0.39 is 25.8 Å². The van der Waals surface area contributed by atoms with Gasteiger partial charge in [0.2, 0.25) is 10.0 Å². The summed E-state index contributed by atoms with van der Waals surface area (Å²) in [4.78, 5) is 12.3. The maximum absolute atomic E-state index is 12.1. The molecule has 0 saturated heterocycles. The molecule has 146 valence electrons. The second-order valence-corrected chi connectivity index (χ2v) is 9.52. The molecule has 2 rings (SSSR count). The van der Waals surface area contributed by atoms with Crippen LogP contribution >= 0.6 is 0 Å². The third-order valence-corrected chi connectivity index (χ3v) is 7.01. The second kappa shape index (κ2) is 9.12. The molecule has 7 nitrogen and oxygen atoms in total. The normalized spacial score (nSPS) is 11.9. The van der Waals surface area contributed by atoms with Crippen LogP contribution in [0.25, 0.3) is 0 Å². The van der Waals surface area contributed by atoms with Crippen LogP contribution < -0.4 is 4.72 Å². The molecule has 0 unspecified atom stereocenters. The molecule has 0 spiro atoms. The Balaban J connectivity index is 1.87. The smallest absolute Gasteiger partial charge is 0.338 e. The molecule has 0 bridgehead atoms. The second-order valence-electron chi connectivity index (χ2n) is 5.65. The van der Waals surface area contributed by atoms with Crippen molar-refractivity contribution in [1.29, 1.82) is 0 Å². The van der Waals surface area contributed by atoms with Crippen molar-refractivity contribution in [3.8, 4) is 0 Å². The third kappa shape index (κ3) is 5.88.